The van der Waals surface area contributed by atoms with Crippen LogP contribution in [0.25, 0.3) is 0 Å². The summed E-state index contributed by atoms with van der Waals surface area (Å²) in [6.07, 6.45) is 0. The topological polar surface area (TPSA) is 70.4 Å². The van der Waals surface area contributed by atoms with Crippen LogP contribution in [0.5, 0.6) is 0 Å². The molecule has 0 amide bonds. The molecule has 1 aliphatic rings. The molecule has 96 valence electrons. The molecule has 0 spiro atoms. The number of rotatable bonds is 3. The Morgan fingerprint density at radius 1 is 1.28 bits per heavy atom. The highest BCUT2D eigenvalue weighted by atomic mass is 32.2. The number of nitriles is 1. The summed E-state index contributed by atoms with van der Waals surface area (Å²) < 4.78 is 30.9. The van der Waals surface area contributed by atoms with E-state index in [1.807, 2.05) is 6.07 Å². The maximum absolute atomic E-state index is 12.2. The van der Waals surface area contributed by atoms with Crippen molar-refractivity contribution in [3.63, 3.8) is 0 Å². The van der Waals surface area contributed by atoms with E-state index < -0.39 is 10.0 Å². The van der Waals surface area contributed by atoms with Crippen molar-refractivity contribution in [2.45, 2.75) is 5.75 Å². The minimum absolute atomic E-state index is 0.128. The molecule has 0 unspecified atom stereocenters. The molecule has 0 aliphatic carbocycles. The Balaban J connectivity index is 2.19. The number of hydrogen-bond donors (Lipinski definition) is 0. The van der Waals surface area contributed by atoms with Crippen LogP contribution in [0.3, 0.4) is 0 Å². The van der Waals surface area contributed by atoms with E-state index in [-0.39, 0.29) is 5.75 Å². The van der Waals surface area contributed by atoms with Crippen LogP contribution in [-0.4, -0.2) is 39.0 Å². The van der Waals surface area contributed by atoms with Crippen molar-refractivity contribution in [3.05, 3.63) is 35.4 Å². The van der Waals surface area contributed by atoms with E-state index in [1.54, 1.807) is 24.3 Å². The van der Waals surface area contributed by atoms with Crippen LogP contribution < -0.4 is 0 Å². The van der Waals surface area contributed by atoms with Crippen molar-refractivity contribution in [3.8, 4) is 6.07 Å². The molecular weight excluding hydrogens is 252 g/mol. The highest BCUT2D eigenvalue weighted by Crippen LogP contribution is 2.15. The van der Waals surface area contributed by atoms with E-state index in [2.05, 4.69) is 0 Å². The van der Waals surface area contributed by atoms with E-state index in [0.29, 0.717) is 37.4 Å². The number of morpholine rings is 1. The van der Waals surface area contributed by atoms with Crippen molar-refractivity contribution < 1.29 is 13.2 Å². The van der Waals surface area contributed by atoms with Crippen molar-refractivity contribution in [2.75, 3.05) is 26.3 Å². The van der Waals surface area contributed by atoms with E-state index in [1.165, 1.54) is 4.31 Å². The third-order valence-corrected chi connectivity index (χ3v) is 4.67. The molecule has 1 heterocycles. The molecule has 1 fully saturated rings. The normalized spacial score (nSPS) is 17.3. The van der Waals surface area contributed by atoms with E-state index in [9.17, 15) is 8.42 Å². The van der Waals surface area contributed by atoms with Crippen LogP contribution in [0.2, 0.25) is 0 Å². The predicted molar refractivity (Wildman–Crippen MR) is 66.2 cm³/mol. The number of ether oxygens (including phenoxy) is 1. The lowest BCUT2D eigenvalue weighted by molar-refractivity contribution is 0.0729. The lowest BCUT2D eigenvalue weighted by atomic mass is 10.1. The highest BCUT2D eigenvalue weighted by Gasteiger charge is 2.25. The second kappa shape index (κ2) is 5.48. The molecule has 0 bridgehead atoms. The molecule has 0 saturated carbocycles. The molecular formula is C12H14N2O3S. The summed E-state index contributed by atoms with van der Waals surface area (Å²) in [6, 6.07) is 8.79. The lowest BCUT2D eigenvalue weighted by Crippen LogP contribution is -2.41. The summed E-state index contributed by atoms with van der Waals surface area (Å²) in [7, 11) is -3.37. The Labute approximate surface area is 107 Å². The zero-order valence-corrected chi connectivity index (χ0v) is 10.7. The van der Waals surface area contributed by atoms with Crippen LogP contribution >= 0.6 is 0 Å². The Morgan fingerprint density at radius 3 is 2.61 bits per heavy atom. The van der Waals surface area contributed by atoms with Crippen molar-refractivity contribution in [2.24, 2.45) is 0 Å². The highest BCUT2D eigenvalue weighted by molar-refractivity contribution is 7.88. The van der Waals surface area contributed by atoms with Gasteiger partial charge in [-0.05, 0) is 11.6 Å². The molecule has 1 aromatic rings. The molecule has 6 heteroatoms. The lowest BCUT2D eigenvalue weighted by Gasteiger charge is -2.26. The summed E-state index contributed by atoms with van der Waals surface area (Å²) in [5.74, 6) is -0.128. The predicted octanol–water partition coefficient (Wildman–Crippen LogP) is 0.720. The SMILES string of the molecule is N#Cc1ccccc1CS(=O)(=O)N1CCOCC1. The third kappa shape index (κ3) is 2.88. The second-order valence-corrected chi connectivity index (χ2v) is 6.01. The van der Waals surface area contributed by atoms with Crippen LogP contribution in [0.15, 0.2) is 24.3 Å². The second-order valence-electron chi connectivity index (χ2n) is 4.04. The number of hydrogen-bond acceptors (Lipinski definition) is 4. The van der Waals surface area contributed by atoms with E-state index >= 15 is 0 Å². The standard InChI is InChI=1S/C12H14N2O3S/c13-9-11-3-1-2-4-12(11)10-18(15,16)14-5-7-17-8-6-14/h1-4H,5-8,10H2. The van der Waals surface area contributed by atoms with Gasteiger partial charge in [0.2, 0.25) is 10.0 Å². The molecule has 1 aliphatic heterocycles. The monoisotopic (exact) mass is 266 g/mol. The summed E-state index contributed by atoms with van der Waals surface area (Å²) in [5, 5.41) is 8.95. The Bertz CT molecular complexity index is 557. The average molecular weight is 266 g/mol. The molecule has 18 heavy (non-hydrogen) atoms. The largest absolute Gasteiger partial charge is 0.379 e. The number of benzene rings is 1. The number of nitrogens with zero attached hydrogens (tertiary/aromatic N) is 2. The molecule has 0 aromatic heterocycles. The van der Waals surface area contributed by atoms with Gasteiger partial charge in [0.25, 0.3) is 0 Å². The molecule has 1 saturated heterocycles. The van der Waals surface area contributed by atoms with Crippen molar-refractivity contribution in [1.29, 1.82) is 5.26 Å². The first-order valence-corrected chi connectivity index (χ1v) is 7.28. The van der Waals surface area contributed by atoms with Gasteiger partial charge < -0.3 is 4.74 Å². The first-order valence-electron chi connectivity index (χ1n) is 5.67. The minimum atomic E-state index is -3.37. The molecule has 0 radical (unpaired) electrons. The minimum Gasteiger partial charge on any atom is -0.379 e. The van der Waals surface area contributed by atoms with Crippen molar-refractivity contribution in [1.82, 2.24) is 4.31 Å². The first-order chi connectivity index (χ1) is 8.63. The summed E-state index contributed by atoms with van der Waals surface area (Å²) in [5.41, 5.74) is 0.959. The summed E-state index contributed by atoms with van der Waals surface area (Å²) >= 11 is 0. The smallest absolute Gasteiger partial charge is 0.218 e. The fraction of sp³-hybridized carbons (Fsp3) is 0.417. The third-order valence-electron chi connectivity index (χ3n) is 2.84. The Hall–Kier alpha value is -1.42. The molecule has 0 atom stereocenters. The van der Waals surface area contributed by atoms with E-state index in [0.717, 1.165) is 0 Å². The van der Waals surface area contributed by atoms with Crippen LogP contribution in [-0.2, 0) is 20.5 Å². The molecule has 5 nitrogen and oxygen atoms in total. The Kier molecular flexibility index (Phi) is 3.97. The van der Waals surface area contributed by atoms with Crippen LogP contribution in [0.1, 0.15) is 11.1 Å². The zero-order chi connectivity index (χ0) is 13.0. The average Bonchev–Trinajstić information content (AvgIpc) is 2.40. The maximum Gasteiger partial charge on any atom is 0.218 e. The van der Waals surface area contributed by atoms with Crippen LogP contribution in [0.4, 0.5) is 0 Å². The van der Waals surface area contributed by atoms with Gasteiger partial charge in [-0.25, -0.2) is 8.42 Å². The van der Waals surface area contributed by atoms with Gasteiger partial charge in [0.05, 0.1) is 30.6 Å². The van der Waals surface area contributed by atoms with Gasteiger partial charge in [-0.2, -0.15) is 9.57 Å². The molecule has 0 N–H and O–H groups in total. The Morgan fingerprint density at radius 2 is 1.94 bits per heavy atom. The van der Waals surface area contributed by atoms with Gasteiger partial charge in [0, 0.05) is 13.1 Å². The summed E-state index contributed by atoms with van der Waals surface area (Å²) in [4.78, 5) is 0. The number of sulfonamides is 1. The van der Waals surface area contributed by atoms with Crippen molar-refractivity contribution >= 4 is 10.0 Å². The van der Waals surface area contributed by atoms with Gasteiger partial charge >= 0.3 is 0 Å². The maximum atomic E-state index is 12.2. The quantitative estimate of drug-likeness (QED) is 0.808. The first kappa shape index (κ1) is 13.0. The fourth-order valence-electron chi connectivity index (χ4n) is 1.87. The van der Waals surface area contributed by atoms with Gasteiger partial charge in [-0.1, -0.05) is 18.2 Å². The summed E-state index contributed by atoms with van der Waals surface area (Å²) in [6.45, 7) is 1.63. The fourth-order valence-corrected chi connectivity index (χ4v) is 3.40. The van der Waals surface area contributed by atoms with Gasteiger partial charge in [-0.15, -0.1) is 0 Å². The van der Waals surface area contributed by atoms with Gasteiger partial charge in [0.1, 0.15) is 0 Å². The van der Waals surface area contributed by atoms with Crippen LogP contribution in [0, 0.1) is 11.3 Å². The molecule has 2 rings (SSSR count). The van der Waals surface area contributed by atoms with Gasteiger partial charge in [0.15, 0.2) is 0 Å². The molecule has 1 aromatic carbocycles. The zero-order valence-electron chi connectivity index (χ0n) is 9.87. The van der Waals surface area contributed by atoms with Gasteiger partial charge in [-0.3, -0.25) is 0 Å². The van der Waals surface area contributed by atoms with E-state index in [4.69, 9.17) is 10.00 Å².